The fraction of sp³-hybridized carbons (Fsp3) is 0.320. The van der Waals surface area contributed by atoms with Crippen molar-refractivity contribution in [3.63, 3.8) is 0 Å². The Bertz CT molecular complexity index is 1190. The van der Waals surface area contributed by atoms with Gasteiger partial charge in [-0.05, 0) is 62.6 Å². The Morgan fingerprint density at radius 3 is 2.25 bits per heavy atom. The Kier molecular flexibility index (Phi) is 5.50. The number of carbonyl (C=O) groups is 3. The van der Waals surface area contributed by atoms with Gasteiger partial charge in [-0.1, -0.05) is 18.2 Å². The summed E-state index contributed by atoms with van der Waals surface area (Å²) in [5, 5.41) is 20.4. The van der Waals surface area contributed by atoms with Crippen LogP contribution in [-0.2, 0) is 22.4 Å². The molecular formula is C25H26N2O5. The fourth-order valence-electron chi connectivity index (χ4n) is 4.76. The first-order chi connectivity index (χ1) is 15.3. The van der Waals surface area contributed by atoms with E-state index in [1.54, 1.807) is 28.8 Å². The molecule has 1 heterocycles. The van der Waals surface area contributed by atoms with Crippen molar-refractivity contribution < 1.29 is 24.6 Å². The highest BCUT2D eigenvalue weighted by molar-refractivity contribution is 6.06. The number of carboxylic acids is 2. The zero-order valence-electron chi connectivity index (χ0n) is 18.2. The standard InChI is InChI=1S/C25H26N2O5/c1-3-26(4-2)17-10-11-20-18(14-17)19-15-25(23(29)30,24(31)32)13-12-21(19)27(20)22(28)16-8-6-5-7-9-16/h5-11,14H,3-4,12-13,15H2,1-2H3,(H,29,30)(H,31,32). The molecular weight excluding hydrogens is 408 g/mol. The topological polar surface area (TPSA) is 99.8 Å². The van der Waals surface area contributed by atoms with Crippen LogP contribution in [0, 0.1) is 5.41 Å². The highest BCUT2D eigenvalue weighted by atomic mass is 16.4. The van der Waals surface area contributed by atoms with E-state index in [0.717, 1.165) is 24.2 Å². The molecule has 7 heteroatoms. The maximum absolute atomic E-state index is 13.5. The lowest BCUT2D eigenvalue weighted by Crippen LogP contribution is -2.44. The second-order valence-corrected chi connectivity index (χ2v) is 8.17. The van der Waals surface area contributed by atoms with Gasteiger partial charge < -0.3 is 15.1 Å². The van der Waals surface area contributed by atoms with Crippen LogP contribution in [0.15, 0.2) is 48.5 Å². The third-order valence-electron chi connectivity index (χ3n) is 6.60. The van der Waals surface area contributed by atoms with Crippen LogP contribution in [0.5, 0.6) is 0 Å². The molecule has 2 N–H and O–H groups in total. The fourth-order valence-corrected chi connectivity index (χ4v) is 4.76. The molecule has 0 saturated heterocycles. The van der Waals surface area contributed by atoms with E-state index in [9.17, 15) is 24.6 Å². The molecule has 32 heavy (non-hydrogen) atoms. The molecule has 0 amide bonds. The number of nitrogens with zero attached hydrogens (tertiary/aromatic N) is 2. The summed E-state index contributed by atoms with van der Waals surface area (Å²) in [6, 6.07) is 14.7. The number of carboxylic acid groups (broad SMARTS) is 2. The molecule has 0 radical (unpaired) electrons. The molecule has 0 unspecified atom stereocenters. The third-order valence-corrected chi connectivity index (χ3v) is 6.60. The molecule has 4 rings (SSSR count). The normalized spacial score (nSPS) is 14.7. The highest BCUT2D eigenvalue weighted by Crippen LogP contribution is 2.42. The van der Waals surface area contributed by atoms with Crippen LogP contribution in [0.2, 0.25) is 0 Å². The molecule has 166 valence electrons. The smallest absolute Gasteiger partial charge is 0.321 e. The second-order valence-electron chi connectivity index (χ2n) is 8.17. The summed E-state index contributed by atoms with van der Waals surface area (Å²) < 4.78 is 1.64. The average Bonchev–Trinajstić information content (AvgIpc) is 3.12. The predicted molar refractivity (Wildman–Crippen MR) is 121 cm³/mol. The van der Waals surface area contributed by atoms with Gasteiger partial charge in [0.15, 0.2) is 5.41 Å². The third kappa shape index (κ3) is 3.25. The van der Waals surface area contributed by atoms with Crippen LogP contribution >= 0.6 is 0 Å². The molecule has 0 bridgehead atoms. The molecule has 7 nitrogen and oxygen atoms in total. The van der Waals surface area contributed by atoms with E-state index < -0.39 is 17.4 Å². The van der Waals surface area contributed by atoms with Gasteiger partial charge in [-0.25, -0.2) is 0 Å². The molecule has 0 fully saturated rings. The van der Waals surface area contributed by atoms with Crippen LogP contribution in [0.1, 0.15) is 41.9 Å². The minimum Gasteiger partial charge on any atom is -0.480 e. The summed E-state index contributed by atoms with van der Waals surface area (Å²) in [6.45, 7) is 5.68. The Labute approximate surface area is 185 Å². The number of hydrogen-bond acceptors (Lipinski definition) is 4. The van der Waals surface area contributed by atoms with Gasteiger partial charge in [-0.15, -0.1) is 0 Å². The van der Waals surface area contributed by atoms with Crippen molar-refractivity contribution in [2.75, 3.05) is 18.0 Å². The van der Waals surface area contributed by atoms with Crippen LogP contribution < -0.4 is 4.90 Å². The summed E-state index contributed by atoms with van der Waals surface area (Å²) in [5.41, 5.74) is 1.58. The van der Waals surface area contributed by atoms with E-state index in [0.29, 0.717) is 22.3 Å². The van der Waals surface area contributed by atoms with Crippen LogP contribution in [0.25, 0.3) is 10.9 Å². The van der Waals surface area contributed by atoms with Gasteiger partial charge >= 0.3 is 11.9 Å². The van der Waals surface area contributed by atoms with Gasteiger partial charge in [0.25, 0.3) is 5.91 Å². The molecule has 0 atom stereocenters. The largest absolute Gasteiger partial charge is 0.480 e. The number of aromatic nitrogens is 1. The molecule has 0 aliphatic heterocycles. The van der Waals surface area contributed by atoms with E-state index in [1.165, 1.54) is 0 Å². The van der Waals surface area contributed by atoms with Gasteiger partial charge in [0.05, 0.1) is 5.52 Å². The average molecular weight is 434 g/mol. The van der Waals surface area contributed by atoms with Crippen molar-refractivity contribution in [1.82, 2.24) is 4.57 Å². The van der Waals surface area contributed by atoms with Gasteiger partial charge in [-0.2, -0.15) is 0 Å². The Balaban J connectivity index is 1.97. The quantitative estimate of drug-likeness (QED) is 0.572. The lowest BCUT2D eigenvalue weighted by molar-refractivity contribution is -0.165. The monoisotopic (exact) mass is 434 g/mol. The van der Waals surface area contributed by atoms with Gasteiger partial charge in [-0.3, -0.25) is 19.0 Å². The van der Waals surface area contributed by atoms with E-state index in [-0.39, 0.29) is 25.2 Å². The number of rotatable bonds is 6. The van der Waals surface area contributed by atoms with Crippen LogP contribution in [0.3, 0.4) is 0 Å². The first-order valence-corrected chi connectivity index (χ1v) is 10.8. The predicted octanol–water partition coefficient (Wildman–Crippen LogP) is 3.82. The number of hydrogen-bond donors (Lipinski definition) is 2. The minimum atomic E-state index is -1.90. The zero-order valence-corrected chi connectivity index (χ0v) is 18.2. The van der Waals surface area contributed by atoms with Crippen LogP contribution in [0.4, 0.5) is 5.69 Å². The molecule has 1 aromatic heterocycles. The second kappa shape index (κ2) is 8.15. The lowest BCUT2D eigenvalue weighted by atomic mass is 9.72. The van der Waals surface area contributed by atoms with Gasteiger partial charge in [0.2, 0.25) is 0 Å². The van der Waals surface area contributed by atoms with Gasteiger partial charge in [0.1, 0.15) is 0 Å². The van der Waals surface area contributed by atoms with Crippen molar-refractivity contribution in [2.24, 2.45) is 5.41 Å². The van der Waals surface area contributed by atoms with Crippen molar-refractivity contribution in [2.45, 2.75) is 33.1 Å². The zero-order chi connectivity index (χ0) is 23.0. The maximum atomic E-state index is 13.5. The van der Waals surface area contributed by atoms with Crippen molar-refractivity contribution in [1.29, 1.82) is 0 Å². The number of carbonyl (C=O) groups excluding carboxylic acids is 1. The van der Waals surface area contributed by atoms with Crippen LogP contribution in [-0.4, -0.2) is 45.7 Å². The highest BCUT2D eigenvalue weighted by Gasteiger charge is 2.50. The Morgan fingerprint density at radius 1 is 1.00 bits per heavy atom. The van der Waals surface area contributed by atoms with E-state index in [1.807, 2.05) is 38.1 Å². The number of fused-ring (bicyclic) bond motifs is 3. The van der Waals surface area contributed by atoms with Crippen molar-refractivity contribution in [3.05, 3.63) is 65.4 Å². The summed E-state index contributed by atoms with van der Waals surface area (Å²) in [6.07, 6.45) is -0.0198. The first kappa shape index (κ1) is 21.6. The number of anilines is 1. The van der Waals surface area contributed by atoms with Crippen molar-refractivity contribution >= 4 is 34.4 Å². The lowest BCUT2D eigenvalue weighted by Gasteiger charge is -2.30. The van der Waals surface area contributed by atoms with E-state index in [4.69, 9.17) is 0 Å². The summed E-state index contributed by atoms with van der Waals surface area (Å²) >= 11 is 0. The molecule has 1 aliphatic carbocycles. The molecule has 3 aromatic rings. The van der Waals surface area contributed by atoms with Gasteiger partial charge in [0, 0.05) is 41.8 Å². The Morgan fingerprint density at radius 2 is 1.66 bits per heavy atom. The molecule has 0 spiro atoms. The maximum Gasteiger partial charge on any atom is 0.321 e. The molecule has 1 aliphatic rings. The molecule has 0 saturated carbocycles. The first-order valence-electron chi connectivity index (χ1n) is 10.8. The summed E-state index contributed by atoms with van der Waals surface area (Å²) in [7, 11) is 0. The number of benzene rings is 2. The SMILES string of the molecule is CCN(CC)c1ccc2c(c1)c1c(n2C(=O)c2ccccc2)CCC(C(=O)O)(C(=O)O)C1. The molecule has 2 aromatic carbocycles. The number of aliphatic carboxylic acids is 2. The Hall–Kier alpha value is -3.61. The minimum absolute atomic E-state index is 0.0635. The summed E-state index contributed by atoms with van der Waals surface area (Å²) in [5.74, 6) is -2.89. The van der Waals surface area contributed by atoms with E-state index in [2.05, 4.69) is 4.90 Å². The van der Waals surface area contributed by atoms with Crippen molar-refractivity contribution in [3.8, 4) is 0 Å². The summed E-state index contributed by atoms with van der Waals surface area (Å²) in [4.78, 5) is 39.7. The van der Waals surface area contributed by atoms with E-state index >= 15 is 0 Å².